The van der Waals surface area contributed by atoms with Crippen LogP contribution in [-0.2, 0) is 23.8 Å². The van der Waals surface area contributed by atoms with Crippen LogP contribution in [0.4, 0.5) is 37.4 Å². The number of fused-ring (bicyclic) bond motifs is 1. The van der Waals surface area contributed by atoms with Gasteiger partial charge in [-0.15, -0.1) is 10.1 Å². The minimum atomic E-state index is -10.2. The van der Waals surface area contributed by atoms with Crippen LogP contribution >= 0.6 is 10.2 Å². The first kappa shape index (κ1) is 27.7. The van der Waals surface area contributed by atoms with Crippen molar-refractivity contribution in [2.45, 2.75) is 30.4 Å². The normalized spacial score (nSPS) is 18.4. The van der Waals surface area contributed by atoms with E-state index in [9.17, 15) is 52.3 Å². The van der Waals surface area contributed by atoms with Gasteiger partial charge in [0.15, 0.2) is 0 Å². The zero-order valence-corrected chi connectivity index (χ0v) is 17.7. The van der Waals surface area contributed by atoms with Crippen molar-refractivity contribution in [3.63, 3.8) is 0 Å². The molecule has 1 heterocycles. The van der Waals surface area contributed by atoms with Crippen molar-refractivity contribution in [3.8, 4) is 5.75 Å². The summed E-state index contributed by atoms with van der Waals surface area (Å²) in [5, 5.41) is 8.73. The van der Waals surface area contributed by atoms with Gasteiger partial charge in [-0.1, -0.05) is 19.4 Å². The van der Waals surface area contributed by atoms with E-state index < -0.39 is 81.0 Å². The number of rotatable bonds is 8. The number of hydrogen-bond donors (Lipinski definition) is 0. The fourth-order valence-electron chi connectivity index (χ4n) is 2.48. The SMILES string of the molecule is CC(OC(=O)OCCO[N+](=O)[O-])OC(=O)C1=Cc2cc(S(F)(F)(F)(F)F)ccc2O[C@@H]1C(F)(F)F. The fourth-order valence-corrected chi connectivity index (χ4v) is 3.15. The maximum atomic E-state index is 13.4. The summed E-state index contributed by atoms with van der Waals surface area (Å²) in [5.74, 6) is -2.76. The lowest BCUT2D eigenvalue weighted by Crippen LogP contribution is -2.41. The van der Waals surface area contributed by atoms with Crippen molar-refractivity contribution in [3.05, 3.63) is 39.4 Å². The lowest BCUT2D eigenvalue weighted by atomic mass is 10.0. The molecule has 1 aromatic carbocycles. The lowest BCUT2D eigenvalue weighted by molar-refractivity contribution is -0.757. The minimum absolute atomic E-state index is 0.163. The average molecular weight is 547 g/mol. The molecule has 19 heteroatoms. The maximum Gasteiger partial charge on any atom is 0.511 e. The highest BCUT2D eigenvalue weighted by molar-refractivity contribution is 8.45. The Kier molecular flexibility index (Phi) is 6.82. The number of alkyl halides is 3. The van der Waals surface area contributed by atoms with Gasteiger partial charge >= 0.3 is 28.5 Å². The number of carbonyl (C=O) groups is 2. The van der Waals surface area contributed by atoms with Gasteiger partial charge in [0.25, 0.3) is 5.09 Å². The zero-order valence-electron chi connectivity index (χ0n) is 16.9. The predicted molar refractivity (Wildman–Crippen MR) is 97.2 cm³/mol. The number of halogens is 8. The molecule has 0 radical (unpaired) electrons. The van der Waals surface area contributed by atoms with Crippen LogP contribution in [0.15, 0.2) is 28.7 Å². The molecule has 1 unspecified atom stereocenters. The Hall–Kier alpha value is -3.51. The van der Waals surface area contributed by atoms with Gasteiger partial charge in [0.1, 0.15) is 23.9 Å². The van der Waals surface area contributed by atoms with E-state index in [4.69, 9.17) is 0 Å². The van der Waals surface area contributed by atoms with Gasteiger partial charge < -0.3 is 23.8 Å². The summed E-state index contributed by atoms with van der Waals surface area (Å²) in [6.45, 7) is -0.561. The van der Waals surface area contributed by atoms with Crippen LogP contribution in [0, 0.1) is 10.1 Å². The molecule has 1 aromatic rings. The number of hydrogen-bond acceptors (Lipinski definition) is 9. The van der Waals surface area contributed by atoms with Gasteiger partial charge in [0.2, 0.25) is 12.4 Å². The van der Waals surface area contributed by atoms with Crippen LogP contribution in [0.1, 0.15) is 12.5 Å². The third-order valence-electron chi connectivity index (χ3n) is 3.83. The molecular formula is C16H13F8NO9S. The third-order valence-corrected chi connectivity index (χ3v) is 4.98. The lowest BCUT2D eigenvalue weighted by Gasteiger charge is -2.41. The first-order valence-corrected chi connectivity index (χ1v) is 10.8. The minimum Gasteiger partial charge on any atom is -0.475 e. The molecule has 0 N–H and O–H groups in total. The van der Waals surface area contributed by atoms with Gasteiger partial charge in [0, 0.05) is 12.5 Å². The van der Waals surface area contributed by atoms with Crippen LogP contribution in [0.5, 0.6) is 5.75 Å². The van der Waals surface area contributed by atoms with Gasteiger partial charge in [-0.2, -0.15) is 13.2 Å². The fraction of sp³-hybridized carbons (Fsp3) is 0.375. The quantitative estimate of drug-likeness (QED) is 0.107. The summed E-state index contributed by atoms with van der Waals surface area (Å²) in [6.07, 6.45) is -11.7. The van der Waals surface area contributed by atoms with E-state index in [2.05, 4.69) is 23.8 Å². The molecule has 0 aliphatic carbocycles. The van der Waals surface area contributed by atoms with E-state index in [1.54, 1.807) is 0 Å². The molecule has 1 aliphatic heterocycles. The summed E-state index contributed by atoms with van der Waals surface area (Å²) in [5.41, 5.74) is -2.37. The molecule has 0 saturated heterocycles. The van der Waals surface area contributed by atoms with Gasteiger partial charge in [0.05, 0.1) is 5.57 Å². The van der Waals surface area contributed by atoms with Crippen molar-refractivity contribution in [1.82, 2.24) is 0 Å². The summed E-state index contributed by atoms with van der Waals surface area (Å²) in [7, 11) is -10.2. The summed E-state index contributed by atoms with van der Waals surface area (Å²) in [6, 6.07) is -0.116. The molecule has 10 nitrogen and oxygen atoms in total. The molecule has 198 valence electrons. The smallest absolute Gasteiger partial charge is 0.475 e. The summed E-state index contributed by atoms with van der Waals surface area (Å²) in [4.78, 5) is 34.9. The molecule has 0 bridgehead atoms. The Bertz CT molecular complexity index is 1060. The van der Waals surface area contributed by atoms with Crippen molar-refractivity contribution in [2.24, 2.45) is 0 Å². The van der Waals surface area contributed by atoms with Crippen molar-refractivity contribution >= 4 is 28.4 Å². The van der Waals surface area contributed by atoms with Crippen LogP contribution in [0.2, 0.25) is 0 Å². The number of ether oxygens (including phenoxy) is 4. The van der Waals surface area contributed by atoms with E-state index >= 15 is 0 Å². The molecule has 1 aliphatic rings. The number of esters is 1. The predicted octanol–water partition coefficient (Wildman–Crippen LogP) is 5.30. The monoisotopic (exact) mass is 547 g/mol. The summed E-state index contributed by atoms with van der Waals surface area (Å²) < 4.78 is 123. The first-order valence-electron chi connectivity index (χ1n) is 8.82. The first-order chi connectivity index (χ1) is 15.7. The number of nitrogens with zero attached hydrogens (tertiary/aromatic N) is 1. The van der Waals surface area contributed by atoms with E-state index in [1.165, 1.54) is 0 Å². The Morgan fingerprint density at radius 1 is 1.14 bits per heavy atom. The van der Waals surface area contributed by atoms with Crippen LogP contribution in [0.25, 0.3) is 6.08 Å². The molecule has 0 amide bonds. The largest absolute Gasteiger partial charge is 0.511 e. The standard InChI is InChI=1S/C16H13F8NO9S/c1-8(33-15(27)30-4-5-31-25(28)29)32-14(26)11-7-9-6-10(35(20,21,22,23)24)2-3-12(9)34-13(11)16(17,18)19/h2-3,6-8,13H,4-5H2,1H3/t8?,13-/m0/s1. The molecule has 2 rings (SSSR count). The molecule has 0 saturated carbocycles. The Labute approximate surface area is 189 Å². The maximum absolute atomic E-state index is 13.4. The van der Waals surface area contributed by atoms with Crippen molar-refractivity contribution in [1.29, 1.82) is 0 Å². The van der Waals surface area contributed by atoms with Gasteiger partial charge in [-0.25, -0.2) is 9.59 Å². The number of benzene rings is 1. The highest BCUT2D eigenvalue weighted by Gasteiger charge is 2.65. The molecule has 0 spiro atoms. The second-order valence-corrected chi connectivity index (χ2v) is 8.96. The van der Waals surface area contributed by atoms with E-state index in [1.807, 2.05) is 0 Å². The third kappa shape index (κ3) is 7.76. The van der Waals surface area contributed by atoms with E-state index in [0.29, 0.717) is 0 Å². The highest BCUT2D eigenvalue weighted by atomic mass is 32.5. The topological polar surface area (TPSA) is 123 Å². The van der Waals surface area contributed by atoms with Crippen molar-refractivity contribution < 1.29 is 71.1 Å². The highest BCUT2D eigenvalue weighted by Crippen LogP contribution is 3.02. The van der Waals surface area contributed by atoms with E-state index in [-0.39, 0.29) is 24.3 Å². The van der Waals surface area contributed by atoms with Crippen molar-refractivity contribution in [2.75, 3.05) is 13.2 Å². The van der Waals surface area contributed by atoms with Crippen LogP contribution in [0.3, 0.4) is 0 Å². The van der Waals surface area contributed by atoms with Gasteiger partial charge in [-0.3, -0.25) is 0 Å². The molecule has 0 fully saturated rings. The number of carbonyl (C=O) groups excluding carboxylic acids is 2. The Morgan fingerprint density at radius 2 is 1.77 bits per heavy atom. The van der Waals surface area contributed by atoms with Crippen LogP contribution in [-0.4, -0.2) is 49.0 Å². The average Bonchev–Trinajstić information content (AvgIpc) is 2.67. The second-order valence-electron chi connectivity index (χ2n) is 6.55. The van der Waals surface area contributed by atoms with Crippen LogP contribution < -0.4 is 4.74 Å². The van der Waals surface area contributed by atoms with E-state index in [0.717, 1.165) is 6.92 Å². The Balaban J connectivity index is 2.23. The molecule has 2 atom stereocenters. The Morgan fingerprint density at radius 3 is 2.31 bits per heavy atom. The van der Waals surface area contributed by atoms with Gasteiger partial charge in [-0.05, 0) is 24.3 Å². The molecule has 35 heavy (non-hydrogen) atoms. The molecular weight excluding hydrogens is 534 g/mol. The summed E-state index contributed by atoms with van der Waals surface area (Å²) >= 11 is 0. The molecule has 0 aromatic heterocycles. The second kappa shape index (κ2) is 8.61. The zero-order chi connectivity index (χ0) is 26.9.